The van der Waals surface area contributed by atoms with Gasteiger partial charge in [-0.15, -0.1) is 16.4 Å². The number of ether oxygens (including phenoxy) is 1. The lowest BCUT2D eigenvalue weighted by Crippen LogP contribution is -2.55. The average Bonchev–Trinajstić information content (AvgIpc) is 3.42. The third kappa shape index (κ3) is 4.44. The Morgan fingerprint density at radius 1 is 1.26 bits per heavy atom. The molecule has 9 nitrogen and oxygen atoms in total. The van der Waals surface area contributed by atoms with E-state index in [4.69, 9.17) is 33.2 Å². The first-order chi connectivity index (χ1) is 14.9. The molecule has 0 spiro atoms. The van der Waals surface area contributed by atoms with Gasteiger partial charge in [0.1, 0.15) is 46.6 Å². The topological polar surface area (TPSA) is 137 Å². The second kappa shape index (κ2) is 9.40. The van der Waals surface area contributed by atoms with Crippen molar-refractivity contribution >= 4 is 46.3 Å². The van der Waals surface area contributed by atoms with E-state index in [0.717, 1.165) is 11.8 Å². The van der Waals surface area contributed by atoms with Crippen LogP contribution < -0.4 is 0 Å². The number of aliphatic hydroxyl groups is 3. The molecule has 0 saturated carbocycles. The van der Waals surface area contributed by atoms with Gasteiger partial charge in [-0.1, -0.05) is 40.2 Å². The van der Waals surface area contributed by atoms with Gasteiger partial charge in [-0.2, -0.15) is 5.26 Å². The zero-order valence-electron chi connectivity index (χ0n) is 15.5. The minimum absolute atomic E-state index is 0.150. The summed E-state index contributed by atoms with van der Waals surface area (Å²) >= 11 is 14.7. The highest BCUT2D eigenvalue weighted by molar-refractivity contribution is 7.99. The van der Waals surface area contributed by atoms with Gasteiger partial charge in [0.25, 0.3) is 0 Å². The first-order valence-corrected chi connectivity index (χ1v) is 11.4. The fourth-order valence-electron chi connectivity index (χ4n) is 3.21. The Bertz CT molecular complexity index is 1080. The summed E-state index contributed by atoms with van der Waals surface area (Å²) in [4.78, 5) is 4.72. The second-order valence-corrected chi connectivity index (χ2v) is 9.49. The number of hydrogen-bond acceptors (Lipinski definition) is 10. The van der Waals surface area contributed by atoms with Crippen molar-refractivity contribution in [3.05, 3.63) is 45.5 Å². The molecule has 5 atom stereocenters. The van der Waals surface area contributed by atoms with Crippen LogP contribution in [0.15, 0.2) is 34.8 Å². The van der Waals surface area contributed by atoms with Gasteiger partial charge < -0.3 is 20.1 Å². The largest absolute Gasteiger partial charge is 0.394 e. The summed E-state index contributed by atoms with van der Waals surface area (Å²) in [6, 6.07) is 4.07. The van der Waals surface area contributed by atoms with Crippen LogP contribution in [0.1, 0.15) is 11.6 Å². The fraction of sp³-hybridized carbons (Fsp3) is 0.333. The van der Waals surface area contributed by atoms with Gasteiger partial charge in [0.05, 0.1) is 28.4 Å². The summed E-state index contributed by atoms with van der Waals surface area (Å²) in [6.07, 6.45) is -0.216. The summed E-state index contributed by atoms with van der Waals surface area (Å²) in [5.41, 5.74) is -0.244. The molecule has 1 aliphatic heterocycles. The predicted molar refractivity (Wildman–Crippen MR) is 115 cm³/mol. The SMILES string of the molecule is N#Cc1c(Cl)cc(SC2OC(CO)C(O)C(n3cc(-c4nccs4)nn3)C2O)cc1Cl. The normalized spacial score (nSPS) is 26.0. The van der Waals surface area contributed by atoms with E-state index in [1.165, 1.54) is 28.2 Å². The summed E-state index contributed by atoms with van der Waals surface area (Å²) in [5, 5.41) is 51.4. The van der Waals surface area contributed by atoms with Crippen LogP contribution in [0.5, 0.6) is 0 Å². The zero-order valence-corrected chi connectivity index (χ0v) is 18.7. The first-order valence-electron chi connectivity index (χ1n) is 8.93. The summed E-state index contributed by atoms with van der Waals surface area (Å²) in [6.45, 7) is -0.468. The molecule has 3 heterocycles. The highest BCUT2D eigenvalue weighted by atomic mass is 35.5. The molecule has 2 aromatic heterocycles. The summed E-state index contributed by atoms with van der Waals surface area (Å²) in [7, 11) is 0. The number of nitrogens with zero attached hydrogens (tertiary/aromatic N) is 5. The maximum absolute atomic E-state index is 11.0. The van der Waals surface area contributed by atoms with E-state index in [2.05, 4.69) is 15.3 Å². The minimum atomic E-state index is -1.24. The van der Waals surface area contributed by atoms with Crippen molar-refractivity contribution in [2.45, 2.75) is 34.7 Å². The number of halogens is 2. The van der Waals surface area contributed by atoms with Crippen molar-refractivity contribution in [3.8, 4) is 16.8 Å². The lowest BCUT2D eigenvalue weighted by atomic mass is 9.97. The monoisotopic (exact) mass is 499 g/mol. The minimum Gasteiger partial charge on any atom is -0.394 e. The van der Waals surface area contributed by atoms with E-state index >= 15 is 0 Å². The molecule has 1 aromatic carbocycles. The molecule has 1 aliphatic rings. The maximum atomic E-state index is 11.0. The summed E-state index contributed by atoms with van der Waals surface area (Å²) < 4.78 is 7.07. The Morgan fingerprint density at radius 3 is 2.61 bits per heavy atom. The van der Waals surface area contributed by atoms with Gasteiger partial charge in [0, 0.05) is 16.5 Å². The van der Waals surface area contributed by atoms with Crippen LogP contribution in [-0.2, 0) is 4.74 Å². The maximum Gasteiger partial charge on any atom is 0.145 e. The summed E-state index contributed by atoms with van der Waals surface area (Å²) in [5.74, 6) is 0. The highest BCUT2D eigenvalue weighted by Crippen LogP contribution is 2.40. The van der Waals surface area contributed by atoms with Crippen molar-refractivity contribution in [2.24, 2.45) is 0 Å². The number of rotatable bonds is 5. The molecule has 3 N–H and O–H groups in total. The van der Waals surface area contributed by atoms with Crippen LogP contribution >= 0.6 is 46.3 Å². The quantitative estimate of drug-likeness (QED) is 0.482. The fourth-order valence-corrected chi connectivity index (χ4v) is 5.63. The van der Waals surface area contributed by atoms with Crippen molar-refractivity contribution in [2.75, 3.05) is 6.61 Å². The number of thiazole rings is 1. The lowest BCUT2D eigenvalue weighted by molar-refractivity contribution is -0.178. The molecule has 0 radical (unpaired) electrons. The molecular formula is C18H15Cl2N5O4S2. The van der Waals surface area contributed by atoms with Crippen LogP contribution in [0.25, 0.3) is 10.7 Å². The zero-order chi connectivity index (χ0) is 22.1. The molecule has 5 unspecified atom stereocenters. The molecular weight excluding hydrogens is 485 g/mol. The van der Waals surface area contributed by atoms with Crippen molar-refractivity contribution in [1.82, 2.24) is 20.0 Å². The number of aliphatic hydroxyl groups excluding tert-OH is 3. The van der Waals surface area contributed by atoms with Gasteiger partial charge in [0.2, 0.25) is 0 Å². The molecule has 1 saturated heterocycles. The average molecular weight is 500 g/mol. The molecule has 0 amide bonds. The molecule has 3 aromatic rings. The second-order valence-electron chi connectivity index (χ2n) is 6.61. The number of aromatic nitrogens is 4. The van der Waals surface area contributed by atoms with Crippen LogP contribution in [0.3, 0.4) is 0 Å². The standard InChI is InChI=1S/C18H15Cl2N5O4S2/c19-10-3-8(4-11(20)9(10)5-21)31-18-16(28)14(15(27)13(7-26)29-18)25-6-12(23-24-25)17-22-1-2-30-17/h1-4,6,13-16,18,26-28H,7H2. The Labute approximate surface area is 194 Å². The lowest BCUT2D eigenvalue weighted by Gasteiger charge is -2.41. The van der Waals surface area contributed by atoms with E-state index < -0.39 is 36.4 Å². The van der Waals surface area contributed by atoms with Crippen LogP contribution in [-0.4, -0.2) is 65.7 Å². The van der Waals surface area contributed by atoms with Gasteiger partial charge in [-0.3, -0.25) is 0 Å². The van der Waals surface area contributed by atoms with Crippen LogP contribution in [0.2, 0.25) is 10.0 Å². The smallest absolute Gasteiger partial charge is 0.145 e. The molecule has 13 heteroatoms. The number of hydrogen-bond donors (Lipinski definition) is 3. The van der Waals surface area contributed by atoms with Gasteiger partial charge in [-0.05, 0) is 12.1 Å². The molecule has 4 rings (SSSR count). The molecule has 0 bridgehead atoms. The van der Waals surface area contributed by atoms with Gasteiger partial charge in [0.15, 0.2) is 0 Å². The van der Waals surface area contributed by atoms with E-state index in [-0.39, 0.29) is 15.6 Å². The molecule has 162 valence electrons. The Hall–Kier alpha value is -1.75. The Morgan fingerprint density at radius 2 is 2.00 bits per heavy atom. The third-order valence-electron chi connectivity index (χ3n) is 4.70. The number of thioether (sulfide) groups is 1. The first kappa shape index (κ1) is 22.4. The van der Waals surface area contributed by atoms with E-state index in [1.54, 1.807) is 17.8 Å². The van der Waals surface area contributed by atoms with Gasteiger partial charge >= 0.3 is 0 Å². The van der Waals surface area contributed by atoms with E-state index in [1.807, 2.05) is 6.07 Å². The van der Waals surface area contributed by atoms with Crippen LogP contribution in [0.4, 0.5) is 0 Å². The van der Waals surface area contributed by atoms with Gasteiger partial charge in [-0.25, -0.2) is 9.67 Å². The highest BCUT2D eigenvalue weighted by Gasteiger charge is 2.46. The van der Waals surface area contributed by atoms with Crippen molar-refractivity contribution < 1.29 is 20.1 Å². The van der Waals surface area contributed by atoms with Crippen molar-refractivity contribution in [3.63, 3.8) is 0 Å². The molecule has 1 fully saturated rings. The predicted octanol–water partition coefficient (Wildman–Crippen LogP) is 2.35. The van der Waals surface area contributed by atoms with Crippen LogP contribution in [0, 0.1) is 11.3 Å². The third-order valence-corrected chi connectivity index (χ3v) is 7.22. The molecule has 31 heavy (non-hydrogen) atoms. The molecule has 0 aliphatic carbocycles. The van der Waals surface area contributed by atoms with E-state index in [9.17, 15) is 15.3 Å². The number of benzene rings is 1. The van der Waals surface area contributed by atoms with Crippen molar-refractivity contribution in [1.29, 1.82) is 5.26 Å². The Kier molecular flexibility index (Phi) is 6.80. The Balaban J connectivity index is 1.62. The number of nitriles is 1. The van der Waals surface area contributed by atoms with E-state index in [0.29, 0.717) is 15.6 Å².